The first-order valence-corrected chi connectivity index (χ1v) is 17.7. The molecule has 0 radical (unpaired) electrons. The van der Waals surface area contributed by atoms with Crippen molar-refractivity contribution in [1.82, 2.24) is 30.0 Å². The average Bonchev–Trinajstić information content (AvgIpc) is 3.85. The molecule has 4 aromatic rings. The summed E-state index contributed by atoms with van der Waals surface area (Å²) < 4.78 is 0.997. The molecule has 0 aliphatic carbocycles. The second-order valence-electron chi connectivity index (χ2n) is 12.1. The maximum atomic E-state index is 13.0. The van der Waals surface area contributed by atoms with Crippen LogP contribution in [-0.2, 0) is 11.3 Å². The smallest absolute Gasteiger partial charge is 0.327 e. The van der Waals surface area contributed by atoms with Gasteiger partial charge in [-0.2, -0.15) is 0 Å². The van der Waals surface area contributed by atoms with Crippen LogP contribution < -0.4 is 10.2 Å². The van der Waals surface area contributed by atoms with Gasteiger partial charge in [-0.15, -0.1) is 11.3 Å². The average molecular weight is 715 g/mol. The number of aromatic nitrogens is 2. The maximum absolute atomic E-state index is 13.0. The van der Waals surface area contributed by atoms with Crippen molar-refractivity contribution in [2.45, 2.75) is 31.8 Å². The first kappa shape index (κ1) is 31.5. The maximum Gasteiger partial charge on any atom is 0.327 e. The number of pyridine rings is 1. The van der Waals surface area contributed by atoms with Crippen LogP contribution in [-0.4, -0.2) is 94.4 Å². The number of urea groups is 1. The van der Waals surface area contributed by atoms with Crippen molar-refractivity contribution in [2.24, 2.45) is 0 Å². The molecule has 7 rings (SSSR count). The fraction of sp³-hybridized carbons (Fsp3) is 0.343. The summed E-state index contributed by atoms with van der Waals surface area (Å²) in [6.07, 6.45) is 5.99. The van der Waals surface area contributed by atoms with Gasteiger partial charge in [0.25, 0.3) is 11.8 Å². The molecule has 5 heterocycles. The second-order valence-corrected chi connectivity index (χ2v) is 13.8. The molecule has 4 amide bonds. The van der Waals surface area contributed by atoms with Crippen LogP contribution in [0.3, 0.4) is 0 Å². The number of hydrogen-bond donors (Lipinski definition) is 1. The second kappa shape index (κ2) is 13.9. The van der Waals surface area contributed by atoms with Crippen LogP contribution in [0.2, 0.25) is 0 Å². The van der Waals surface area contributed by atoms with Gasteiger partial charge in [-0.25, -0.2) is 9.78 Å². The van der Waals surface area contributed by atoms with Crippen molar-refractivity contribution in [1.29, 1.82) is 0 Å². The Balaban J connectivity index is 0.923. The summed E-state index contributed by atoms with van der Waals surface area (Å²) in [6, 6.07) is 18.1. The van der Waals surface area contributed by atoms with E-state index in [1.807, 2.05) is 30.3 Å². The minimum Gasteiger partial charge on any atom is -0.369 e. The molecule has 47 heavy (non-hydrogen) atoms. The SMILES string of the molecule is O=C(NCc1ccccc1-c1ccc(N2CCN(CCCN3C(=O)C4CCCN4C3=O)CC2)cc1Br)c1csc(-c2cccnc2)n1. The Kier molecular flexibility index (Phi) is 9.32. The molecule has 0 bridgehead atoms. The fourth-order valence-corrected chi connectivity index (χ4v) is 8.06. The number of thiazole rings is 1. The van der Waals surface area contributed by atoms with Gasteiger partial charge in [-0.3, -0.25) is 24.4 Å². The normalized spacial score (nSPS) is 18.2. The van der Waals surface area contributed by atoms with Crippen molar-refractivity contribution in [3.8, 4) is 21.7 Å². The Labute approximate surface area is 286 Å². The molecule has 2 aromatic carbocycles. The summed E-state index contributed by atoms with van der Waals surface area (Å²) in [5.41, 5.74) is 5.59. The van der Waals surface area contributed by atoms with E-state index in [4.69, 9.17) is 0 Å². The molecule has 0 saturated carbocycles. The molecule has 0 spiro atoms. The van der Waals surface area contributed by atoms with Crippen LogP contribution in [0.5, 0.6) is 0 Å². The topological polar surface area (TPSA) is 102 Å². The molecule has 3 aliphatic rings. The zero-order chi connectivity index (χ0) is 32.3. The lowest BCUT2D eigenvalue weighted by Gasteiger charge is -2.36. The number of nitrogens with zero attached hydrogens (tertiary/aromatic N) is 6. The summed E-state index contributed by atoms with van der Waals surface area (Å²) in [5.74, 6) is -0.219. The van der Waals surface area contributed by atoms with Crippen LogP contribution in [0.4, 0.5) is 10.5 Å². The summed E-state index contributed by atoms with van der Waals surface area (Å²) in [4.78, 5) is 54.8. The number of carbonyl (C=O) groups excluding carboxylic acids is 3. The molecule has 1 unspecified atom stereocenters. The van der Waals surface area contributed by atoms with E-state index in [9.17, 15) is 14.4 Å². The molecule has 10 nitrogen and oxygen atoms in total. The number of piperazine rings is 1. The number of amides is 4. The third-order valence-corrected chi connectivity index (χ3v) is 10.8. The lowest BCUT2D eigenvalue weighted by molar-refractivity contribution is -0.128. The van der Waals surface area contributed by atoms with E-state index in [0.29, 0.717) is 25.3 Å². The number of benzene rings is 2. The molecular formula is C35H36BrN7O3S. The lowest BCUT2D eigenvalue weighted by atomic mass is 9.99. The fourth-order valence-electron chi connectivity index (χ4n) is 6.69. The Bertz CT molecular complexity index is 1750. The van der Waals surface area contributed by atoms with E-state index in [1.165, 1.54) is 16.2 Å². The minimum atomic E-state index is -0.215. The van der Waals surface area contributed by atoms with Crippen molar-refractivity contribution in [3.05, 3.63) is 88.1 Å². The predicted octanol–water partition coefficient (Wildman–Crippen LogP) is 5.50. The highest BCUT2D eigenvalue weighted by Crippen LogP contribution is 2.34. The van der Waals surface area contributed by atoms with E-state index in [0.717, 1.165) is 89.4 Å². The van der Waals surface area contributed by atoms with Crippen LogP contribution in [0.1, 0.15) is 35.3 Å². The molecule has 12 heteroatoms. The molecule has 242 valence electrons. The van der Waals surface area contributed by atoms with Crippen molar-refractivity contribution < 1.29 is 14.4 Å². The van der Waals surface area contributed by atoms with Crippen molar-refractivity contribution in [2.75, 3.05) is 50.7 Å². The highest BCUT2D eigenvalue weighted by Gasteiger charge is 2.46. The standard InChI is InChI=1S/C35H36BrN7O3S/c36-29-20-26(41-18-16-40(17-19-41)13-5-15-43-34(45)31-9-4-14-42(31)35(43)46)10-11-28(29)27-8-2-1-6-24(27)22-38-32(44)30-23-47-33(39-30)25-7-3-12-37-21-25/h1-3,6-8,10-12,20-21,23,31H,4-5,9,13-19,22H2,(H,38,44). The van der Waals surface area contributed by atoms with Gasteiger partial charge in [0.2, 0.25) is 0 Å². The number of hydrogen-bond acceptors (Lipinski definition) is 8. The predicted molar refractivity (Wildman–Crippen MR) is 186 cm³/mol. The van der Waals surface area contributed by atoms with Crippen LogP contribution in [0.25, 0.3) is 21.7 Å². The van der Waals surface area contributed by atoms with E-state index < -0.39 is 0 Å². The molecule has 1 atom stereocenters. The zero-order valence-corrected chi connectivity index (χ0v) is 28.4. The van der Waals surface area contributed by atoms with E-state index in [-0.39, 0.29) is 23.9 Å². The first-order chi connectivity index (χ1) is 23.0. The van der Waals surface area contributed by atoms with Gasteiger partial charge in [-0.05, 0) is 66.8 Å². The number of rotatable bonds is 10. The number of fused-ring (bicyclic) bond motifs is 1. The first-order valence-electron chi connectivity index (χ1n) is 16.1. The molecular weight excluding hydrogens is 678 g/mol. The zero-order valence-electron chi connectivity index (χ0n) is 26.0. The van der Waals surface area contributed by atoms with Gasteiger partial charge in [0.05, 0.1) is 0 Å². The molecule has 3 aliphatic heterocycles. The number of nitrogens with one attached hydrogen (secondary N) is 1. The van der Waals surface area contributed by atoms with Crippen LogP contribution >= 0.6 is 27.3 Å². The number of halogens is 1. The van der Waals surface area contributed by atoms with Crippen molar-refractivity contribution >= 4 is 50.8 Å². The third-order valence-electron chi connectivity index (χ3n) is 9.22. The highest BCUT2D eigenvalue weighted by atomic mass is 79.9. The van der Waals surface area contributed by atoms with Gasteiger partial charge >= 0.3 is 6.03 Å². The monoisotopic (exact) mass is 713 g/mol. The number of carbonyl (C=O) groups is 3. The summed E-state index contributed by atoms with van der Waals surface area (Å²) in [7, 11) is 0. The number of anilines is 1. The molecule has 2 aromatic heterocycles. The summed E-state index contributed by atoms with van der Waals surface area (Å²) in [6.45, 7) is 6.14. The Morgan fingerprint density at radius 3 is 2.62 bits per heavy atom. The lowest BCUT2D eigenvalue weighted by Crippen LogP contribution is -2.47. The van der Waals surface area contributed by atoms with Gasteiger partial charge in [0, 0.05) is 79.3 Å². The van der Waals surface area contributed by atoms with Gasteiger partial charge in [0.15, 0.2) is 0 Å². The summed E-state index contributed by atoms with van der Waals surface area (Å²) in [5, 5.41) is 5.59. The van der Waals surface area contributed by atoms with E-state index >= 15 is 0 Å². The summed E-state index contributed by atoms with van der Waals surface area (Å²) >= 11 is 5.26. The van der Waals surface area contributed by atoms with Gasteiger partial charge < -0.3 is 15.1 Å². The quantitative estimate of drug-likeness (QED) is 0.217. The van der Waals surface area contributed by atoms with Gasteiger partial charge in [0.1, 0.15) is 16.7 Å². The molecule has 3 saturated heterocycles. The Morgan fingerprint density at radius 1 is 0.979 bits per heavy atom. The Morgan fingerprint density at radius 2 is 1.83 bits per heavy atom. The minimum absolute atomic E-state index is 0.00916. The largest absolute Gasteiger partial charge is 0.369 e. The third kappa shape index (κ3) is 6.67. The van der Waals surface area contributed by atoms with Gasteiger partial charge in [-0.1, -0.05) is 46.3 Å². The molecule has 3 fully saturated rings. The highest BCUT2D eigenvalue weighted by molar-refractivity contribution is 9.10. The Hall–Kier alpha value is -4.13. The number of imide groups is 1. The van der Waals surface area contributed by atoms with E-state index in [1.54, 1.807) is 22.7 Å². The van der Waals surface area contributed by atoms with E-state index in [2.05, 4.69) is 65.3 Å². The van der Waals surface area contributed by atoms with Crippen molar-refractivity contribution in [3.63, 3.8) is 0 Å². The van der Waals surface area contributed by atoms with Crippen LogP contribution in [0, 0.1) is 0 Å². The molecule has 1 N–H and O–H groups in total. The van der Waals surface area contributed by atoms with Crippen LogP contribution in [0.15, 0.2) is 76.8 Å².